The summed E-state index contributed by atoms with van der Waals surface area (Å²) >= 11 is 0. The Labute approximate surface area is 120 Å². The number of benzene rings is 1. The van der Waals surface area contributed by atoms with Crippen LogP contribution < -0.4 is 5.43 Å². The number of nitrogens with one attached hydrogen (secondary N) is 1. The lowest BCUT2D eigenvalue weighted by Crippen LogP contribution is -2.19. The molecule has 0 bridgehead atoms. The molecule has 0 aliphatic heterocycles. The van der Waals surface area contributed by atoms with Crippen molar-refractivity contribution in [3.8, 4) is 0 Å². The molecule has 1 amide bonds. The van der Waals surface area contributed by atoms with Gasteiger partial charge in [0.15, 0.2) is 0 Å². The van der Waals surface area contributed by atoms with Crippen molar-refractivity contribution in [1.82, 2.24) is 10.4 Å². The van der Waals surface area contributed by atoms with E-state index in [0.29, 0.717) is 5.56 Å². The van der Waals surface area contributed by atoms with E-state index >= 15 is 0 Å². The van der Waals surface area contributed by atoms with E-state index in [9.17, 15) is 14.9 Å². The number of hydrazone groups is 1. The summed E-state index contributed by atoms with van der Waals surface area (Å²) in [6.45, 7) is 0. The fraction of sp³-hybridized carbons (Fsp3) is 0.0714. The molecule has 0 aliphatic carbocycles. The molecule has 1 aromatic carbocycles. The highest BCUT2D eigenvalue weighted by Gasteiger charge is 2.06. The maximum atomic E-state index is 11.7. The number of nitro groups is 1. The molecule has 1 N–H and O–H groups in total. The largest absolute Gasteiger partial charge is 0.273 e. The van der Waals surface area contributed by atoms with E-state index in [-0.39, 0.29) is 18.0 Å². The second-order valence-corrected chi connectivity index (χ2v) is 4.17. The van der Waals surface area contributed by atoms with E-state index < -0.39 is 4.92 Å². The summed E-state index contributed by atoms with van der Waals surface area (Å²) in [6, 6.07) is 9.33. The SMILES string of the molecule is O=C(Cc1ccc([N+](=O)[O-])cc1)N/N=C/c1ccncc1. The van der Waals surface area contributed by atoms with Gasteiger partial charge in [-0.2, -0.15) is 5.10 Å². The fourth-order valence-corrected chi connectivity index (χ4v) is 1.59. The number of carbonyl (C=O) groups is 1. The molecule has 2 aromatic rings. The first-order valence-electron chi connectivity index (χ1n) is 6.10. The van der Waals surface area contributed by atoms with Gasteiger partial charge in [0.05, 0.1) is 17.6 Å². The number of nitrogens with zero attached hydrogens (tertiary/aromatic N) is 3. The maximum absolute atomic E-state index is 11.7. The van der Waals surface area contributed by atoms with Crippen LogP contribution in [0.1, 0.15) is 11.1 Å². The van der Waals surface area contributed by atoms with Crippen LogP contribution in [0.3, 0.4) is 0 Å². The van der Waals surface area contributed by atoms with Crippen LogP contribution in [0.2, 0.25) is 0 Å². The smallest absolute Gasteiger partial charge is 0.269 e. The van der Waals surface area contributed by atoms with Crippen molar-refractivity contribution in [2.24, 2.45) is 5.10 Å². The summed E-state index contributed by atoms with van der Waals surface area (Å²) < 4.78 is 0. The van der Waals surface area contributed by atoms with Gasteiger partial charge in [0.25, 0.3) is 5.69 Å². The molecule has 7 heteroatoms. The number of hydrogen-bond donors (Lipinski definition) is 1. The zero-order chi connectivity index (χ0) is 15.1. The Hall–Kier alpha value is -3.09. The molecule has 0 saturated heterocycles. The van der Waals surface area contributed by atoms with Gasteiger partial charge < -0.3 is 0 Å². The van der Waals surface area contributed by atoms with E-state index in [2.05, 4.69) is 15.5 Å². The van der Waals surface area contributed by atoms with Gasteiger partial charge in [-0.3, -0.25) is 19.9 Å². The monoisotopic (exact) mass is 284 g/mol. The van der Waals surface area contributed by atoms with Gasteiger partial charge in [-0.1, -0.05) is 12.1 Å². The molecule has 2 rings (SSSR count). The first-order chi connectivity index (χ1) is 10.1. The van der Waals surface area contributed by atoms with Crippen molar-refractivity contribution in [3.63, 3.8) is 0 Å². The molecule has 1 aromatic heterocycles. The molecule has 0 atom stereocenters. The molecule has 7 nitrogen and oxygen atoms in total. The highest BCUT2D eigenvalue weighted by Crippen LogP contribution is 2.12. The van der Waals surface area contributed by atoms with E-state index in [4.69, 9.17) is 0 Å². The number of amides is 1. The predicted octanol–water partition coefficient (Wildman–Crippen LogP) is 1.68. The summed E-state index contributed by atoms with van der Waals surface area (Å²) in [5.74, 6) is -0.297. The third-order valence-electron chi connectivity index (χ3n) is 2.62. The van der Waals surface area contributed by atoms with Crippen LogP contribution >= 0.6 is 0 Å². The van der Waals surface area contributed by atoms with Crippen molar-refractivity contribution in [2.75, 3.05) is 0 Å². The average Bonchev–Trinajstić information content (AvgIpc) is 2.49. The second kappa shape index (κ2) is 6.90. The van der Waals surface area contributed by atoms with Crippen LogP contribution in [0.15, 0.2) is 53.9 Å². The fourth-order valence-electron chi connectivity index (χ4n) is 1.59. The zero-order valence-corrected chi connectivity index (χ0v) is 11.0. The van der Waals surface area contributed by atoms with E-state index in [1.165, 1.54) is 18.3 Å². The highest BCUT2D eigenvalue weighted by atomic mass is 16.6. The van der Waals surface area contributed by atoms with Gasteiger partial charge in [-0.05, 0) is 23.3 Å². The van der Waals surface area contributed by atoms with Gasteiger partial charge in [0.2, 0.25) is 5.91 Å². The lowest BCUT2D eigenvalue weighted by Gasteiger charge is -2.00. The molecule has 0 spiro atoms. The van der Waals surface area contributed by atoms with E-state index in [0.717, 1.165) is 5.56 Å². The lowest BCUT2D eigenvalue weighted by molar-refractivity contribution is -0.384. The number of pyridine rings is 1. The molecule has 0 saturated carbocycles. The molecule has 21 heavy (non-hydrogen) atoms. The minimum atomic E-state index is -0.483. The van der Waals surface area contributed by atoms with Crippen LogP contribution in [0.25, 0.3) is 0 Å². The van der Waals surface area contributed by atoms with Gasteiger partial charge in [0, 0.05) is 24.5 Å². The van der Waals surface area contributed by atoms with Crippen molar-refractivity contribution in [1.29, 1.82) is 0 Å². The van der Waals surface area contributed by atoms with Crippen molar-refractivity contribution in [3.05, 3.63) is 70.0 Å². The highest BCUT2D eigenvalue weighted by molar-refractivity contribution is 5.83. The number of hydrogen-bond acceptors (Lipinski definition) is 5. The molecule has 0 fully saturated rings. The number of carbonyl (C=O) groups excluding carboxylic acids is 1. The second-order valence-electron chi connectivity index (χ2n) is 4.17. The van der Waals surface area contributed by atoms with Crippen LogP contribution in [-0.4, -0.2) is 22.0 Å². The minimum Gasteiger partial charge on any atom is -0.273 e. The van der Waals surface area contributed by atoms with E-state index in [1.807, 2.05) is 0 Å². The van der Waals surface area contributed by atoms with Gasteiger partial charge in [-0.25, -0.2) is 5.43 Å². The number of nitro benzene ring substituents is 1. The quantitative estimate of drug-likeness (QED) is 0.513. The van der Waals surface area contributed by atoms with Crippen LogP contribution in [0.4, 0.5) is 5.69 Å². The van der Waals surface area contributed by atoms with Crippen molar-refractivity contribution >= 4 is 17.8 Å². The Balaban J connectivity index is 1.87. The maximum Gasteiger partial charge on any atom is 0.269 e. The van der Waals surface area contributed by atoms with Gasteiger partial charge in [0.1, 0.15) is 0 Å². The van der Waals surface area contributed by atoms with Crippen LogP contribution in [0.5, 0.6) is 0 Å². The molecule has 106 valence electrons. The number of rotatable bonds is 5. The van der Waals surface area contributed by atoms with Crippen molar-refractivity contribution < 1.29 is 9.72 Å². The van der Waals surface area contributed by atoms with Crippen LogP contribution in [0, 0.1) is 10.1 Å². The van der Waals surface area contributed by atoms with Crippen LogP contribution in [-0.2, 0) is 11.2 Å². The third-order valence-corrected chi connectivity index (χ3v) is 2.62. The molecular formula is C14H12N4O3. The number of non-ortho nitro benzene ring substituents is 1. The normalized spacial score (nSPS) is 10.5. The summed E-state index contributed by atoms with van der Waals surface area (Å²) in [4.78, 5) is 25.5. The Morgan fingerprint density at radius 1 is 1.24 bits per heavy atom. The first kappa shape index (κ1) is 14.3. The van der Waals surface area contributed by atoms with Gasteiger partial charge >= 0.3 is 0 Å². The Bertz CT molecular complexity index is 654. The molecule has 0 aliphatic rings. The zero-order valence-electron chi connectivity index (χ0n) is 11.0. The summed E-state index contributed by atoms with van der Waals surface area (Å²) in [7, 11) is 0. The molecule has 1 heterocycles. The molecule has 0 unspecified atom stereocenters. The van der Waals surface area contributed by atoms with Gasteiger partial charge in [-0.15, -0.1) is 0 Å². The Morgan fingerprint density at radius 3 is 2.52 bits per heavy atom. The molecular weight excluding hydrogens is 272 g/mol. The standard InChI is InChI=1S/C14H12N4O3/c19-14(17-16-10-12-5-7-15-8-6-12)9-11-1-3-13(4-2-11)18(20)21/h1-8,10H,9H2,(H,17,19)/b16-10+. The summed E-state index contributed by atoms with van der Waals surface area (Å²) in [5, 5.41) is 14.3. The third kappa shape index (κ3) is 4.50. The first-order valence-corrected chi connectivity index (χ1v) is 6.10. The minimum absolute atomic E-state index is 0.00475. The average molecular weight is 284 g/mol. The topological polar surface area (TPSA) is 97.5 Å². The predicted molar refractivity (Wildman–Crippen MR) is 76.8 cm³/mol. The molecule has 0 radical (unpaired) electrons. The lowest BCUT2D eigenvalue weighted by atomic mass is 10.1. The summed E-state index contributed by atoms with van der Waals surface area (Å²) in [5.41, 5.74) is 3.89. The van der Waals surface area contributed by atoms with Crippen molar-refractivity contribution in [2.45, 2.75) is 6.42 Å². The Morgan fingerprint density at radius 2 is 1.90 bits per heavy atom. The number of aromatic nitrogens is 1. The Kier molecular flexibility index (Phi) is 4.70. The summed E-state index contributed by atoms with van der Waals surface area (Å²) in [6.07, 6.45) is 4.86. The van der Waals surface area contributed by atoms with E-state index in [1.54, 1.807) is 36.7 Å².